The number of tetrazole rings is 1. The molecule has 112 valence electrons. The van der Waals surface area contributed by atoms with Crippen LogP contribution in [0.4, 0.5) is 0 Å². The van der Waals surface area contributed by atoms with Crippen molar-refractivity contribution in [1.29, 1.82) is 0 Å². The maximum atomic E-state index is 11.7. The van der Waals surface area contributed by atoms with Crippen molar-refractivity contribution in [3.8, 4) is 5.69 Å². The van der Waals surface area contributed by atoms with E-state index in [1.165, 1.54) is 11.8 Å². The summed E-state index contributed by atoms with van der Waals surface area (Å²) in [6, 6.07) is 9.72. The summed E-state index contributed by atoms with van der Waals surface area (Å²) >= 11 is 1.51. The van der Waals surface area contributed by atoms with E-state index in [2.05, 4.69) is 20.8 Å². The lowest BCUT2D eigenvalue weighted by Crippen LogP contribution is -2.36. The van der Waals surface area contributed by atoms with Crippen LogP contribution < -0.4 is 5.32 Å². The molecule has 0 aliphatic heterocycles. The van der Waals surface area contributed by atoms with Crippen molar-refractivity contribution >= 4 is 17.7 Å². The minimum atomic E-state index is -0.365. The highest BCUT2D eigenvalue weighted by atomic mass is 32.2. The molecule has 6 nitrogen and oxygen atoms in total. The molecular formula is C14H19N5OS. The van der Waals surface area contributed by atoms with E-state index >= 15 is 0 Å². The largest absolute Gasteiger partial charge is 0.355 e. The number of hydrogen-bond acceptors (Lipinski definition) is 5. The molecule has 0 saturated carbocycles. The molecule has 7 heteroatoms. The van der Waals surface area contributed by atoms with Gasteiger partial charge in [0.2, 0.25) is 11.1 Å². The molecule has 1 amide bonds. The minimum Gasteiger partial charge on any atom is -0.355 e. The van der Waals surface area contributed by atoms with E-state index in [0.717, 1.165) is 11.4 Å². The maximum Gasteiger partial charge on any atom is 0.225 e. The molecule has 1 N–H and O–H groups in total. The average Bonchev–Trinajstić information content (AvgIpc) is 2.91. The van der Waals surface area contributed by atoms with Gasteiger partial charge in [-0.15, -0.1) is 5.10 Å². The molecule has 21 heavy (non-hydrogen) atoms. The van der Waals surface area contributed by atoms with Crippen LogP contribution in [0.1, 0.15) is 20.8 Å². The molecule has 0 saturated heterocycles. The second kappa shape index (κ2) is 6.71. The second-order valence-electron chi connectivity index (χ2n) is 5.56. The highest BCUT2D eigenvalue weighted by Crippen LogP contribution is 2.17. The summed E-state index contributed by atoms with van der Waals surface area (Å²) in [6.07, 6.45) is 0. The van der Waals surface area contributed by atoms with Crippen LogP contribution in [0.25, 0.3) is 5.69 Å². The van der Waals surface area contributed by atoms with Gasteiger partial charge in [0.25, 0.3) is 0 Å². The third-order valence-corrected chi connectivity index (χ3v) is 3.66. The lowest BCUT2D eigenvalue weighted by Gasteiger charge is -2.17. The molecule has 0 fully saturated rings. The number of benzene rings is 1. The molecule has 0 spiro atoms. The van der Waals surface area contributed by atoms with Gasteiger partial charge in [-0.3, -0.25) is 4.79 Å². The van der Waals surface area contributed by atoms with Gasteiger partial charge in [0.15, 0.2) is 0 Å². The third-order valence-electron chi connectivity index (χ3n) is 2.74. The Morgan fingerprint density at radius 1 is 1.29 bits per heavy atom. The first kappa shape index (κ1) is 15.5. The number of aromatic nitrogens is 4. The molecule has 0 bridgehead atoms. The number of rotatable bonds is 5. The molecule has 0 aliphatic rings. The van der Waals surface area contributed by atoms with Gasteiger partial charge >= 0.3 is 0 Å². The molecule has 0 radical (unpaired) electrons. The number of amides is 1. The summed E-state index contributed by atoms with van der Waals surface area (Å²) < 4.78 is 1.69. The summed E-state index contributed by atoms with van der Waals surface area (Å²) in [5.41, 5.74) is 0.555. The molecular weight excluding hydrogens is 286 g/mol. The van der Waals surface area contributed by atoms with Gasteiger partial charge in [0.1, 0.15) is 0 Å². The van der Waals surface area contributed by atoms with E-state index in [4.69, 9.17) is 0 Å². The zero-order valence-electron chi connectivity index (χ0n) is 12.4. The fourth-order valence-corrected chi connectivity index (χ4v) is 2.32. The first-order valence-electron chi connectivity index (χ1n) is 6.73. The van der Waals surface area contributed by atoms with Gasteiger partial charge < -0.3 is 5.32 Å². The molecule has 1 heterocycles. The van der Waals surface area contributed by atoms with Crippen LogP contribution >= 0.6 is 11.8 Å². The molecule has 1 aromatic heterocycles. The highest BCUT2D eigenvalue weighted by molar-refractivity contribution is 7.99. The van der Waals surface area contributed by atoms with Crippen molar-refractivity contribution in [1.82, 2.24) is 25.5 Å². The standard InChI is InChI=1S/C14H19N5OS/c1-14(2,3)12(20)15-9-10-21-13-16-17-18-19(13)11-7-5-4-6-8-11/h4-8H,9-10H2,1-3H3,(H,15,20). The van der Waals surface area contributed by atoms with Crippen molar-refractivity contribution in [2.45, 2.75) is 25.9 Å². The van der Waals surface area contributed by atoms with Gasteiger partial charge in [-0.05, 0) is 22.6 Å². The maximum absolute atomic E-state index is 11.7. The van der Waals surface area contributed by atoms with Crippen LogP contribution in [0, 0.1) is 5.41 Å². The van der Waals surface area contributed by atoms with Gasteiger partial charge in [-0.2, -0.15) is 4.68 Å². The minimum absolute atomic E-state index is 0.0470. The van der Waals surface area contributed by atoms with Gasteiger partial charge in [0, 0.05) is 17.7 Å². The number of thioether (sulfide) groups is 1. The van der Waals surface area contributed by atoms with Crippen LogP contribution in [0.3, 0.4) is 0 Å². The van der Waals surface area contributed by atoms with Crippen molar-refractivity contribution in [2.75, 3.05) is 12.3 Å². The quantitative estimate of drug-likeness (QED) is 0.675. The Morgan fingerprint density at radius 3 is 2.67 bits per heavy atom. The summed E-state index contributed by atoms with van der Waals surface area (Å²) in [5.74, 6) is 0.764. The van der Waals surface area contributed by atoms with Crippen LogP contribution in [0.5, 0.6) is 0 Å². The average molecular weight is 305 g/mol. The monoisotopic (exact) mass is 305 g/mol. The topological polar surface area (TPSA) is 72.7 Å². The Bertz CT molecular complexity index is 591. The fourth-order valence-electron chi connectivity index (χ4n) is 1.57. The summed E-state index contributed by atoms with van der Waals surface area (Å²) in [7, 11) is 0. The van der Waals surface area contributed by atoms with Crippen LogP contribution in [-0.4, -0.2) is 38.4 Å². The first-order chi connectivity index (χ1) is 9.98. The number of nitrogens with zero attached hydrogens (tertiary/aromatic N) is 4. The Labute approximate surface area is 128 Å². The number of hydrogen-bond donors (Lipinski definition) is 1. The molecule has 0 unspecified atom stereocenters. The van der Waals surface area contributed by atoms with E-state index < -0.39 is 0 Å². The number of carbonyl (C=O) groups is 1. The Morgan fingerprint density at radius 2 is 2.00 bits per heavy atom. The Hall–Kier alpha value is -1.89. The molecule has 1 aromatic carbocycles. The van der Waals surface area contributed by atoms with Crippen molar-refractivity contribution in [3.05, 3.63) is 30.3 Å². The third kappa shape index (κ3) is 4.29. The zero-order chi connectivity index (χ0) is 15.3. The first-order valence-corrected chi connectivity index (χ1v) is 7.72. The van der Waals surface area contributed by atoms with Gasteiger partial charge in [-0.1, -0.05) is 50.7 Å². The smallest absolute Gasteiger partial charge is 0.225 e. The van der Waals surface area contributed by atoms with Crippen LogP contribution in [0.2, 0.25) is 0 Å². The van der Waals surface area contributed by atoms with E-state index in [1.54, 1.807) is 4.68 Å². The normalized spacial score (nSPS) is 11.4. The Kier molecular flexibility index (Phi) is 4.95. The number of carbonyl (C=O) groups excluding carboxylic acids is 1. The predicted octanol–water partition coefficient (Wildman–Crippen LogP) is 1.92. The zero-order valence-corrected chi connectivity index (χ0v) is 13.2. The van der Waals surface area contributed by atoms with Crippen LogP contribution in [-0.2, 0) is 4.79 Å². The van der Waals surface area contributed by atoms with Gasteiger partial charge in [0.05, 0.1) is 5.69 Å². The molecule has 0 atom stereocenters. The molecule has 2 aromatic rings. The predicted molar refractivity (Wildman–Crippen MR) is 82.3 cm³/mol. The van der Waals surface area contributed by atoms with Crippen molar-refractivity contribution < 1.29 is 4.79 Å². The van der Waals surface area contributed by atoms with E-state index in [1.807, 2.05) is 51.1 Å². The lowest BCUT2D eigenvalue weighted by molar-refractivity contribution is -0.128. The Balaban J connectivity index is 1.88. The number of para-hydroxylation sites is 1. The van der Waals surface area contributed by atoms with E-state index in [0.29, 0.717) is 11.7 Å². The highest BCUT2D eigenvalue weighted by Gasteiger charge is 2.20. The van der Waals surface area contributed by atoms with Crippen molar-refractivity contribution in [3.63, 3.8) is 0 Å². The summed E-state index contributed by atoms with van der Waals surface area (Å²) in [6.45, 7) is 6.27. The number of nitrogens with one attached hydrogen (secondary N) is 1. The second-order valence-corrected chi connectivity index (χ2v) is 6.63. The molecule has 0 aliphatic carbocycles. The summed E-state index contributed by atoms with van der Waals surface area (Å²) in [4.78, 5) is 11.7. The fraction of sp³-hybridized carbons (Fsp3) is 0.429. The lowest BCUT2D eigenvalue weighted by atomic mass is 9.96. The molecule has 2 rings (SSSR count). The van der Waals surface area contributed by atoms with E-state index in [9.17, 15) is 4.79 Å². The van der Waals surface area contributed by atoms with Gasteiger partial charge in [-0.25, -0.2) is 0 Å². The summed E-state index contributed by atoms with van der Waals surface area (Å²) in [5, 5.41) is 15.3. The van der Waals surface area contributed by atoms with Crippen molar-refractivity contribution in [2.24, 2.45) is 5.41 Å². The van der Waals surface area contributed by atoms with Crippen LogP contribution in [0.15, 0.2) is 35.5 Å². The SMILES string of the molecule is CC(C)(C)C(=O)NCCSc1nnnn1-c1ccccc1. The van der Waals surface area contributed by atoms with E-state index in [-0.39, 0.29) is 11.3 Å².